The lowest BCUT2D eigenvalue weighted by Gasteiger charge is -2.21. The third-order valence-electron chi connectivity index (χ3n) is 2.71. The fourth-order valence-electron chi connectivity index (χ4n) is 1.97. The van der Waals surface area contributed by atoms with Crippen LogP contribution >= 0.6 is 0 Å². The summed E-state index contributed by atoms with van der Waals surface area (Å²) in [6.07, 6.45) is 3.93. The summed E-state index contributed by atoms with van der Waals surface area (Å²) in [6.45, 7) is 5.98. The molecule has 0 aromatic rings. The van der Waals surface area contributed by atoms with Crippen LogP contribution in [0.2, 0.25) is 0 Å². The Morgan fingerprint density at radius 3 is 2.69 bits per heavy atom. The Labute approximate surface area is 82.1 Å². The van der Waals surface area contributed by atoms with Gasteiger partial charge in [0.25, 0.3) is 0 Å². The number of hydrazine groups is 1. The molecule has 0 aromatic heterocycles. The number of nitrogens with zero attached hydrogens (tertiary/aromatic N) is 2. The SMILES string of the molecule is CCN1CCCC(NN(C)C)CC1. The summed E-state index contributed by atoms with van der Waals surface area (Å²) in [6, 6.07) is 0.687. The van der Waals surface area contributed by atoms with Crippen LogP contribution in [-0.4, -0.2) is 49.7 Å². The second kappa shape index (κ2) is 5.58. The summed E-state index contributed by atoms with van der Waals surface area (Å²) < 4.78 is 0. The molecule has 0 radical (unpaired) electrons. The zero-order chi connectivity index (χ0) is 9.68. The molecule has 0 aromatic carbocycles. The topological polar surface area (TPSA) is 18.5 Å². The van der Waals surface area contributed by atoms with Gasteiger partial charge in [0.2, 0.25) is 0 Å². The number of hydrogen-bond acceptors (Lipinski definition) is 3. The Bertz CT molecular complexity index is 136. The van der Waals surface area contributed by atoms with Crippen LogP contribution in [0.25, 0.3) is 0 Å². The lowest BCUT2D eigenvalue weighted by molar-refractivity contribution is 0.224. The van der Waals surface area contributed by atoms with Gasteiger partial charge in [0.05, 0.1) is 0 Å². The predicted octanol–water partition coefficient (Wildman–Crippen LogP) is 0.927. The highest BCUT2D eigenvalue weighted by molar-refractivity contribution is 4.72. The van der Waals surface area contributed by atoms with Crippen LogP contribution in [0.5, 0.6) is 0 Å². The van der Waals surface area contributed by atoms with Crippen LogP contribution in [-0.2, 0) is 0 Å². The van der Waals surface area contributed by atoms with Gasteiger partial charge in [0.1, 0.15) is 0 Å². The smallest absolute Gasteiger partial charge is 0.0227 e. The predicted molar refractivity (Wildman–Crippen MR) is 56.6 cm³/mol. The molecule has 0 spiro atoms. The van der Waals surface area contributed by atoms with E-state index in [1.54, 1.807) is 0 Å². The average molecular weight is 185 g/mol. The van der Waals surface area contributed by atoms with E-state index in [-0.39, 0.29) is 0 Å². The van der Waals surface area contributed by atoms with Gasteiger partial charge >= 0.3 is 0 Å². The monoisotopic (exact) mass is 185 g/mol. The number of hydrogen-bond donors (Lipinski definition) is 1. The Morgan fingerprint density at radius 2 is 2.08 bits per heavy atom. The van der Waals surface area contributed by atoms with Crippen LogP contribution in [0, 0.1) is 0 Å². The molecule has 1 rings (SSSR count). The van der Waals surface area contributed by atoms with Crippen molar-refractivity contribution in [2.75, 3.05) is 33.7 Å². The molecule has 1 fully saturated rings. The molecule has 78 valence electrons. The van der Waals surface area contributed by atoms with Crippen molar-refractivity contribution in [3.05, 3.63) is 0 Å². The van der Waals surface area contributed by atoms with E-state index in [4.69, 9.17) is 0 Å². The van der Waals surface area contributed by atoms with Crippen LogP contribution < -0.4 is 5.43 Å². The van der Waals surface area contributed by atoms with Crippen molar-refractivity contribution in [3.63, 3.8) is 0 Å². The maximum Gasteiger partial charge on any atom is 0.0227 e. The van der Waals surface area contributed by atoms with Crippen LogP contribution in [0.1, 0.15) is 26.2 Å². The maximum atomic E-state index is 3.47. The Morgan fingerprint density at radius 1 is 1.31 bits per heavy atom. The van der Waals surface area contributed by atoms with E-state index in [1.807, 2.05) is 0 Å². The zero-order valence-electron chi connectivity index (χ0n) is 9.21. The third kappa shape index (κ3) is 4.07. The first kappa shape index (κ1) is 11.0. The van der Waals surface area contributed by atoms with Gasteiger partial charge in [-0.3, -0.25) is 10.4 Å². The molecule has 1 N–H and O–H groups in total. The Hall–Kier alpha value is -0.120. The van der Waals surface area contributed by atoms with Crippen molar-refractivity contribution < 1.29 is 0 Å². The lowest BCUT2D eigenvalue weighted by Crippen LogP contribution is -2.40. The van der Waals surface area contributed by atoms with Gasteiger partial charge in [-0.2, -0.15) is 0 Å². The molecule has 1 aliphatic rings. The van der Waals surface area contributed by atoms with E-state index in [0.717, 1.165) is 0 Å². The first-order valence-corrected chi connectivity index (χ1v) is 5.38. The van der Waals surface area contributed by atoms with Crippen molar-refractivity contribution in [1.82, 2.24) is 15.3 Å². The molecule has 3 nitrogen and oxygen atoms in total. The molecule has 1 saturated heterocycles. The summed E-state index contributed by atoms with van der Waals surface area (Å²) >= 11 is 0. The van der Waals surface area contributed by atoms with E-state index < -0.39 is 0 Å². The van der Waals surface area contributed by atoms with Crippen LogP contribution in [0.15, 0.2) is 0 Å². The average Bonchev–Trinajstić information content (AvgIpc) is 2.29. The Balaban J connectivity index is 2.27. The summed E-state index contributed by atoms with van der Waals surface area (Å²) in [7, 11) is 4.14. The molecule has 0 aliphatic carbocycles. The Kier molecular flexibility index (Phi) is 4.70. The maximum absolute atomic E-state index is 3.47. The molecule has 3 heteroatoms. The standard InChI is InChI=1S/C10H23N3/c1-4-13-8-5-6-10(7-9-13)11-12(2)3/h10-11H,4-9H2,1-3H3. The van der Waals surface area contributed by atoms with Crippen LogP contribution in [0.4, 0.5) is 0 Å². The summed E-state index contributed by atoms with van der Waals surface area (Å²) in [5.74, 6) is 0. The molecule has 13 heavy (non-hydrogen) atoms. The summed E-state index contributed by atoms with van der Waals surface area (Å²) in [5.41, 5.74) is 3.47. The minimum Gasteiger partial charge on any atom is -0.304 e. The lowest BCUT2D eigenvalue weighted by atomic mass is 10.1. The quantitative estimate of drug-likeness (QED) is 0.660. The van der Waals surface area contributed by atoms with E-state index in [9.17, 15) is 0 Å². The molecule has 1 atom stereocenters. The minimum absolute atomic E-state index is 0.687. The highest BCUT2D eigenvalue weighted by Crippen LogP contribution is 2.10. The van der Waals surface area contributed by atoms with Gasteiger partial charge in [0.15, 0.2) is 0 Å². The van der Waals surface area contributed by atoms with Crippen molar-refractivity contribution >= 4 is 0 Å². The van der Waals surface area contributed by atoms with Gasteiger partial charge in [0, 0.05) is 20.1 Å². The first-order valence-electron chi connectivity index (χ1n) is 5.38. The largest absolute Gasteiger partial charge is 0.304 e. The fraction of sp³-hybridized carbons (Fsp3) is 1.00. The number of nitrogens with one attached hydrogen (secondary N) is 1. The van der Waals surface area contributed by atoms with E-state index in [1.165, 1.54) is 38.9 Å². The van der Waals surface area contributed by atoms with Crippen molar-refractivity contribution in [2.24, 2.45) is 0 Å². The van der Waals surface area contributed by atoms with Crippen molar-refractivity contribution in [3.8, 4) is 0 Å². The van der Waals surface area contributed by atoms with Crippen LogP contribution in [0.3, 0.4) is 0 Å². The van der Waals surface area contributed by atoms with Crippen molar-refractivity contribution in [1.29, 1.82) is 0 Å². The summed E-state index contributed by atoms with van der Waals surface area (Å²) in [4.78, 5) is 2.54. The minimum atomic E-state index is 0.687. The molecule has 1 unspecified atom stereocenters. The molecular formula is C10H23N3. The van der Waals surface area contributed by atoms with Gasteiger partial charge in [-0.05, 0) is 38.9 Å². The third-order valence-corrected chi connectivity index (χ3v) is 2.71. The van der Waals surface area contributed by atoms with E-state index in [0.29, 0.717) is 6.04 Å². The number of likely N-dealkylation sites (tertiary alicyclic amines) is 1. The highest BCUT2D eigenvalue weighted by atomic mass is 15.5. The van der Waals surface area contributed by atoms with Gasteiger partial charge < -0.3 is 4.90 Å². The fourth-order valence-corrected chi connectivity index (χ4v) is 1.97. The van der Waals surface area contributed by atoms with Gasteiger partial charge in [-0.15, -0.1) is 0 Å². The summed E-state index contributed by atoms with van der Waals surface area (Å²) in [5, 5.41) is 2.08. The highest BCUT2D eigenvalue weighted by Gasteiger charge is 2.15. The second-order valence-electron chi connectivity index (χ2n) is 4.09. The van der Waals surface area contributed by atoms with E-state index in [2.05, 4.69) is 36.4 Å². The van der Waals surface area contributed by atoms with Crippen molar-refractivity contribution in [2.45, 2.75) is 32.2 Å². The molecule has 0 saturated carbocycles. The molecule has 0 bridgehead atoms. The zero-order valence-corrected chi connectivity index (χ0v) is 9.21. The normalized spacial score (nSPS) is 26.3. The molecule has 1 aliphatic heterocycles. The molecule has 0 amide bonds. The number of rotatable bonds is 3. The first-order chi connectivity index (χ1) is 6.22. The second-order valence-corrected chi connectivity index (χ2v) is 4.09. The van der Waals surface area contributed by atoms with Gasteiger partial charge in [-0.1, -0.05) is 6.92 Å². The molecular weight excluding hydrogens is 162 g/mol. The van der Waals surface area contributed by atoms with Gasteiger partial charge in [-0.25, -0.2) is 0 Å². The van der Waals surface area contributed by atoms with E-state index >= 15 is 0 Å². The molecule has 1 heterocycles.